The largest absolute Gasteiger partial charge is 0.507 e. The van der Waals surface area contributed by atoms with Crippen molar-refractivity contribution in [3.63, 3.8) is 0 Å². The minimum atomic E-state index is -0.0661. The molecule has 1 unspecified atom stereocenters. The fourth-order valence-corrected chi connectivity index (χ4v) is 2.94. The van der Waals surface area contributed by atoms with Gasteiger partial charge in [0.15, 0.2) is 5.78 Å². The first-order chi connectivity index (χ1) is 9.68. The maximum Gasteiger partial charge on any atom is 0.160 e. The number of hydrogen-bond acceptors (Lipinski definition) is 2. The molecule has 0 aliphatic heterocycles. The molecule has 2 nitrogen and oxygen atoms in total. The molecule has 0 bridgehead atoms. The zero-order valence-electron chi connectivity index (χ0n) is 11.3. The fourth-order valence-electron chi connectivity index (χ4n) is 2.94. The van der Waals surface area contributed by atoms with Crippen LogP contribution in [0, 0.1) is 0 Å². The highest BCUT2D eigenvalue weighted by Gasteiger charge is 2.30. The maximum absolute atomic E-state index is 12.0. The van der Waals surface area contributed by atoms with Gasteiger partial charge in [-0.2, -0.15) is 0 Å². The van der Waals surface area contributed by atoms with E-state index in [1.165, 1.54) is 6.92 Å². The monoisotopic (exact) mass is 264 g/mol. The zero-order valence-corrected chi connectivity index (χ0v) is 11.3. The number of fused-ring (bicyclic) bond motifs is 1. The van der Waals surface area contributed by atoms with Crippen molar-refractivity contribution in [1.82, 2.24) is 0 Å². The summed E-state index contributed by atoms with van der Waals surface area (Å²) in [6.45, 7) is 1.52. The van der Waals surface area contributed by atoms with Crippen LogP contribution in [0.5, 0.6) is 0 Å². The standard InChI is InChI=1S/C18H16O2/c1-12(19)17-16(13-7-3-2-4-8-13)11-14-9-5-6-10-15(14)18(17)20/h2-10,16,20H,11H2,1H3. The van der Waals surface area contributed by atoms with Gasteiger partial charge in [0.1, 0.15) is 5.76 Å². The first kappa shape index (κ1) is 12.7. The van der Waals surface area contributed by atoms with E-state index < -0.39 is 0 Å². The number of Topliss-reactive ketones (excluding diaryl/α,β-unsaturated/α-hetero) is 1. The van der Waals surface area contributed by atoms with E-state index in [-0.39, 0.29) is 17.5 Å². The Hall–Kier alpha value is -2.35. The molecule has 2 heteroatoms. The first-order valence-electron chi connectivity index (χ1n) is 6.75. The van der Waals surface area contributed by atoms with Crippen molar-refractivity contribution in [2.75, 3.05) is 0 Å². The third kappa shape index (κ3) is 2.03. The van der Waals surface area contributed by atoms with Crippen LogP contribution in [0.15, 0.2) is 60.2 Å². The SMILES string of the molecule is CC(=O)C1=C(O)c2ccccc2CC1c1ccccc1. The minimum absolute atomic E-state index is 0.0640. The molecule has 0 saturated heterocycles. The molecule has 20 heavy (non-hydrogen) atoms. The van der Waals surface area contributed by atoms with E-state index in [4.69, 9.17) is 0 Å². The molecule has 0 amide bonds. The van der Waals surface area contributed by atoms with Gasteiger partial charge in [-0.15, -0.1) is 0 Å². The number of rotatable bonds is 2. The van der Waals surface area contributed by atoms with Gasteiger partial charge in [0.05, 0.1) is 0 Å². The molecule has 1 aliphatic rings. The average molecular weight is 264 g/mol. The van der Waals surface area contributed by atoms with Crippen LogP contribution in [-0.4, -0.2) is 10.9 Å². The number of benzene rings is 2. The van der Waals surface area contributed by atoms with Crippen LogP contribution in [0.2, 0.25) is 0 Å². The maximum atomic E-state index is 12.0. The van der Waals surface area contributed by atoms with Gasteiger partial charge < -0.3 is 5.11 Å². The van der Waals surface area contributed by atoms with Crippen LogP contribution < -0.4 is 0 Å². The third-order valence-corrected chi connectivity index (χ3v) is 3.88. The van der Waals surface area contributed by atoms with Crippen LogP contribution in [0.3, 0.4) is 0 Å². The summed E-state index contributed by atoms with van der Waals surface area (Å²) >= 11 is 0. The highest BCUT2D eigenvalue weighted by molar-refractivity contribution is 6.02. The Morgan fingerprint density at radius 3 is 2.40 bits per heavy atom. The molecule has 2 aromatic carbocycles. The van der Waals surface area contributed by atoms with Gasteiger partial charge in [0.25, 0.3) is 0 Å². The van der Waals surface area contributed by atoms with Crippen LogP contribution in [0.25, 0.3) is 5.76 Å². The summed E-state index contributed by atoms with van der Waals surface area (Å²) in [5.41, 5.74) is 3.46. The van der Waals surface area contributed by atoms with Gasteiger partial charge >= 0.3 is 0 Å². The van der Waals surface area contributed by atoms with Gasteiger partial charge in [0.2, 0.25) is 0 Å². The number of aliphatic hydroxyl groups excluding tert-OH is 1. The number of allylic oxidation sites excluding steroid dienone is 1. The Labute approximate surface area is 118 Å². The summed E-state index contributed by atoms with van der Waals surface area (Å²) in [5.74, 6) is 0.00246. The van der Waals surface area contributed by atoms with E-state index in [0.717, 1.165) is 23.1 Å². The van der Waals surface area contributed by atoms with E-state index in [0.29, 0.717) is 5.57 Å². The Kier molecular flexibility index (Phi) is 3.15. The molecule has 100 valence electrons. The van der Waals surface area contributed by atoms with Gasteiger partial charge in [-0.05, 0) is 24.5 Å². The molecule has 1 N–H and O–H groups in total. The fraction of sp³-hybridized carbons (Fsp3) is 0.167. The second-order valence-electron chi connectivity index (χ2n) is 5.14. The lowest BCUT2D eigenvalue weighted by Crippen LogP contribution is -2.19. The molecule has 1 aliphatic carbocycles. The summed E-state index contributed by atoms with van der Waals surface area (Å²) in [5, 5.41) is 10.5. The summed E-state index contributed by atoms with van der Waals surface area (Å²) < 4.78 is 0. The Morgan fingerprint density at radius 2 is 1.70 bits per heavy atom. The smallest absolute Gasteiger partial charge is 0.160 e. The number of ketones is 1. The van der Waals surface area contributed by atoms with Crippen molar-refractivity contribution in [3.05, 3.63) is 76.9 Å². The van der Waals surface area contributed by atoms with Crippen molar-refractivity contribution < 1.29 is 9.90 Å². The predicted molar refractivity (Wildman–Crippen MR) is 79.6 cm³/mol. The number of aliphatic hydroxyl groups is 1. The average Bonchev–Trinajstić information content (AvgIpc) is 2.47. The second-order valence-corrected chi connectivity index (χ2v) is 5.14. The Balaban J connectivity index is 2.18. The molecule has 0 fully saturated rings. The van der Waals surface area contributed by atoms with Crippen molar-refractivity contribution in [3.8, 4) is 0 Å². The van der Waals surface area contributed by atoms with E-state index in [9.17, 15) is 9.90 Å². The van der Waals surface area contributed by atoms with Crippen LogP contribution >= 0.6 is 0 Å². The highest BCUT2D eigenvalue weighted by Crippen LogP contribution is 2.39. The molecule has 3 rings (SSSR count). The summed E-state index contributed by atoms with van der Waals surface area (Å²) in [4.78, 5) is 12.0. The van der Waals surface area contributed by atoms with Gasteiger partial charge in [-0.25, -0.2) is 0 Å². The number of carbonyl (C=O) groups is 1. The van der Waals surface area contributed by atoms with E-state index in [1.807, 2.05) is 54.6 Å². The summed E-state index contributed by atoms with van der Waals surface area (Å²) in [7, 11) is 0. The molecule has 0 aromatic heterocycles. The number of carbonyl (C=O) groups excluding carboxylic acids is 1. The topological polar surface area (TPSA) is 37.3 Å². The molecule has 0 heterocycles. The van der Waals surface area contributed by atoms with Crippen molar-refractivity contribution in [2.24, 2.45) is 0 Å². The van der Waals surface area contributed by atoms with Crippen LogP contribution in [0.1, 0.15) is 29.5 Å². The van der Waals surface area contributed by atoms with Gasteiger partial charge in [-0.1, -0.05) is 54.6 Å². The van der Waals surface area contributed by atoms with Crippen LogP contribution in [-0.2, 0) is 11.2 Å². The van der Waals surface area contributed by atoms with E-state index >= 15 is 0 Å². The molecule has 0 radical (unpaired) electrons. The quantitative estimate of drug-likeness (QED) is 0.893. The lowest BCUT2D eigenvalue weighted by Gasteiger charge is -2.27. The van der Waals surface area contributed by atoms with E-state index in [1.54, 1.807) is 0 Å². The first-order valence-corrected chi connectivity index (χ1v) is 6.75. The van der Waals surface area contributed by atoms with Gasteiger partial charge in [0, 0.05) is 17.1 Å². The van der Waals surface area contributed by atoms with Gasteiger partial charge in [-0.3, -0.25) is 4.79 Å². The van der Waals surface area contributed by atoms with Crippen LogP contribution in [0.4, 0.5) is 0 Å². The van der Waals surface area contributed by atoms with Crippen molar-refractivity contribution >= 4 is 11.5 Å². The summed E-state index contributed by atoms with van der Waals surface area (Å²) in [6, 6.07) is 17.6. The summed E-state index contributed by atoms with van der Waals surface area (Å²) in [6.07, 6.45) is 0.749. The van der Waals surface area contributed by atoms with Crippen molar-refractivity contribution in [1.29, 1.82) is 0 Å². The lowest BCUT2D eigenvalue weighted by atomic mass is 9.77. The Morgan fingerprint density at radius 1 is 1.05 bits per heavy atom. The second kappa shape index (κ2) is 4.97. The third-order valence-electron chi connectivity index (χ3n) is 3.88. The molecule has 1 atom stereocenters. The lowest BCUT2D eigenvalue weighted by molar-refractivity contribution is -0.113. The highest BCUT2D eigenvalue weighted by atomic mass is 16.3. The molecular formula is C18H16O2. The number of hydrogen-bond donors (Lipinski definition) is 1. The molecule has 2 aromatic rings. The predicted octanol–water partition coefficient (Wildman–Crippen LogP) is 3.88. The van der Waals surface area contributed by atoms with E-state index in [2.05, 4.69) is 0 Å². The molecule has 0 saturated carbocycles. The van der Waals surface area contributed by atoms with Crippen molar-refractivity contribution in [2.45, 2.75) is 19.3 Å². The molecule has 0 spiro atoms. The zero-order chi connectivity index (χ0) is 14.1. The molecular weight excluding hydrogens is 248 g/mol. The Bertz CT molecular complexity index is 684. The normalized spacial score (nSPS) is 17.8. The minimum Gasteiger partial charge on any atom is -0.507 e.